The zero-order valence-corrected chi connectivity index (χ0v) is 21.6. The standard InChI is InChI=1S/C23H23ClFN5O4S2/c1-29(9-6-16-13-26-14-27-16)22(31)15-2-4-20(18(25)12-15)30-10-7-19(23(30)32)28-36(33,34)11-8-17-3-5-21(24)35-17/h2-5,8,11-14,19,28H,6-7,9-10H2,1H3,(H,26,27)/p+1/b11-8+. The van der Waals surface area contributed by atoms with Gasteiger partial charge in [-0.25, -0.2) is 17.8 Å². The van der Waals surface area contributed by atoms with Gasteiger partial charge in [0.2, 0.25) is 15.9 Å². The largest absolute Gasteiger partial charge is 0.341 e. The Morgan fingerprint density at radius 2 is 2.19 bits per heavy atom. The van der Waals surface area contributed by atoms with Crippen LogP contribution in [0.15, 0.2) is 52.6 Å². The van der Waals surface area contributed by atoms with E-state index in [1.807, 2.05) is 11.5 Å². The Morgan fingerprint density at radius 1 is 1.39 bits per heavy atom. The highest BCUT2D eigenvalue weighted by atomic mass is 35.5. The van der Waals surface area contributed by atoms with E-state index in [9.17, 15) is 22.4 Å². The van der Waals surface area contributed by atoms with E-state index in [4.69, 9.17) is 11.6 Å². The monoisotopic (exact) mass is 552 g/mol. The van der Waals surface area contributed by atoms with E-state index < -0.39 is 27.8 Å². The molecule has 1 atom stereocenters. The fourth-order valence-corrected chi connectivity index (χ4v) is 5.86. The average molecular weight is 553 g/mol. The molecule has 1 saturated heterocycles. The maximum absolute atomic E-state index is 14.9. The summed E-state index contributed by atoms with van der Waals surface area (Å²) < 4.78 is 42.7. The van der Waals surface area contributed by atoms with Crippen LogP contribution in [0.3, 0.4) is 0 Å². The number of nitrogens with one attached hydrogen (secondary N) is 1. The van der Waals surface area contributed by atoms with Gasteiger partial charge >= 0.3 is 0 Å². The minimum atomic E-state index is -3.91. The molecule has 2 aliphatic heterocycles. The second-order valence-electron chi connectivity index (χ2n) is 8.21. The number of halogens is 2. The Bertz CT molecular complexity index is 1370. The third kappa shape index (κ3) is 6.26. The molecule has 190 valence electrons. The molecule has 0 aliphatic carbocycles. The van der Waals surface area contributed by atoms with Crippen LogP contribution in [0.25, 0.3) is 6.08 Å². The number of carbonyl (C=O) groups is 2. The molecule has 1 fully saturated rings. The van der Waals surface area contributed by atoms with Crippen molar-refractivity contribution in [3.63, 3.8) is 0 Å². The van der Waals surface area contributed by atoms with Crippen LogP contribution >= 0.6 is 22.9 Å². The Morgan fingerprint density at radius 3 is 2.86 bits per heavy atom. The number of amides is 2. The van der Waals surface area contributed by atoms with Gasteiger partial charge < -0.3 is 9.80 Å². The molecule has 4 rings (SSSR count). The number of hydrogen-bond acceptors (Lipinski definition) is 6. The van der Waals surface area contributed by atoms with Gasteiger partial charge in [0.15, 0.2) is 6.34 Å². The molecule has 3 N–H and O–H groups in total. The number of hydrogen-bond donors (Lipinski definition) is 2. The fourth-order valence-electron chi connectivity index (χ4n) is 3.79. The van der Waals surface area contributed by atoms with Crippen molar-refractivity contribution in [1.82, 2.24) is 9.62 Å². The van der Waals surface area contributed by atoms with Crippen molar-refractivity contribution in [2.24, 2.45) is 4.99 Å². The Kier molecular flexibility index (Phi) is 8.00. The number of aliphatic imine (C=N–C) groups is 1. The third-order valence-corrected chi connectivity index (χ3v) is 7.97. The van der Waals surface area contributed by atoms with Crippen LogP contribution in [0.4, 0.5) is 10.1 Å². The molecule has 13 heteroatoms. The van der Waals surface area contributed by atoms with Crippen LogP contribution < -0.4 is 14.9 Å². The molecule has 2 aliphatic rings. The van der Waals surface area contributed by atoms with Crippen LogP contribution in [0.2, 0.25) is 4.34 Å². The van der Waals surface area contributed by atoms with Crippen LogP contribution in [-0.4, -0.2) is 57.6 Å². The zero-order chi connectivity index (χ0) is 25.9. The highest BCUT2D eigenvalue weighted by molar-refractivity contribution is 7.92. The Balaban J connectivity index is 1.38. The topological polar surface area (TPSA) is 116 Å². The van der Waals surface area contributed by atoms with Crippen LogP contribution in [-0.2, 0) is 14.8 Å². The summed E-state index contributed by atoms with van der Waals surface area (Å²) in [6.07, 6.45) is 5.68. The zero-order valence-electron chi connectivity index (χ0n) is 19.2. The first-order valence-corrected chi connectivity index (χ1v) is 13.8. The molecule has 0 saturated carbocycles. The summed E-state index contributed by atoms with van der Waals surface area (Å²) in [7, 11) is -2.29. The lowest BCUT2D eigenvalue weighted by Gasteiger charge is -2.20. The van der Waals surface area contributed by atoms with Gasteiger partial charge in [-0.3, -0.25) is 14.9 Å². The predicted molar refractivity (Wildman–Crippen MR) is 138 cm³/mol. The van der Waals surface area contributed by atoms with Crippen molar-refractivity contribution in [3.05, 3.63) is 68.2 Å². The summed E-state index contributed by atoms with van der Waals surface area (Å²) in [6, 6.07) is 6.22. The molecule has 2 amide bonds. The minimum absolute atomic E-state index is 0.00865. The molecule has 2 aromatic rings. The number of thiophene rings is 1. The van der Waals surface area contributed by atoms with Gasteiger partial charge in [0.25, 0.3) is 5.91 Å². The quantitative estimate of drug-likeness (QED) is 0.496. The van der Waals surface area contributed by atoms with E-state index in [2.05, 4.69) is 9.71 Å². The van der Waals surface area contributed by atoms with E-state index in [0.717, 1.165) is 17.2 Å². The Labute approximate surface area is 217 Å². The van der Waals surface area contributed by atoms with E-state index in [1.165, 1.54) is 39.3 Å². The molecular weight excluding hydrogens is 529 g/mol. The third-order valence-electron chi connectivity index (χ3n) is 5.67. The lowest BCUT2D eigenvalue weighted by molar-refractivity contribution is -0.447. The van der Waals surface area contributed by atoms with Crippen molar-refractivity contribution in [1.29, 1.82) is 0 Å². The first-order valence-electron chi connectivity index (χ1n) is 11.0. The number of anilines is 1. The molecule has 1 unspecified atom stereocenters. The smallest absolute Gasteiger partial charge is 0.253 e. The number of rotatable bonds is 9. The van der Waals surface area contributed by atoms with Crippen molar-refractivity contribution in [2.75, 3.05) is 25.0 Å². The van der Waals surface area contributed by atoms with Crippen molar-refractivity contribution in [2.45, 2.75) is 18.9 Å². The van der Waals surface area contributed by atoms with E-state index >= 15 is 0 Å². The summed E-state index contributed by atoms with van der Waals surface area (Å²) >= 11 is 7.06. The number of benzene rings is 1. The van der Waals surface area contributed by atoms with Crippen molar-refractivity contribution < 1.29 is 27.7 Å². The number of sulfonamides is 1. The number of nitrogens with zero attached hydrogens (tertiary/aromatic N) is 3. The minimum Gasteiger partial charge on any atom is -0.341 e. The van der Waals surface area contributed by atoms with Crippen molar-refractivity contribution >= 4 is 62.9 Å². The summed E-state index contributed by atoms with van der Waals surface area (Å²) in [5.41, 5.74) is 1.00. The molecule has 36 heavy (non-hydrogen) atoms. The Hall–Kier alpha value is -2.90. The summed E-state index contributed by atoms with van der Waals surface area (Å²) in [5.74, 6) is -1.66. The average Bonchev–Trinajstić information content (AvgIpc) is 3.59. The van der Waals surface area contributed by atoms with Gasteiger partial charge in [-0.05, 0) is 42.8 Å². The van der Waals surface area contributed by atoms with Gasteiger partial charge in [-0.15, -0.1) is 11.3 Å². The number of carbonyl (C=O) groups excluding carboxylic acids is 2. The molecule has 9 nitrogen and oxygen atoms in total. The van der Waals surface area contributed by atoms with E-state index in [1.54, 1.807) is 25.5 Å². The molecular formula is C23H24ClFN5O4S2+. The molecule has 1 aromatic heterocycles. The summed E-state index contributed by atoms with van der Waals surface area (Å²) in [4.78, 5) is 33.0. The molecule has 0 spiro atoms. The maximum Gasteiger partial charge on any atom is 0.253 e. The maximum atomic E-state index is 14.9. The van der Waals surface area contributed by atoms with Gasteiger partial charge in [-0.2, -0.15) is 4.72 Å². The lowest BCUT2D eigenvalue weighted by atomic mass is 10.1. The summed E-state index contributed by atoms with van der Waals surface area (Å²) in [5, 5.41) is 2.79. The fraction of sp³-hybridized carbons (Fsp3) is 0.261. The predicted octanol–water partition coefficient (Wildman–Crippen LogP) is 2.15. The SMILES string of the molecule is CN(CCC1=C[NH2+]C=N1)C(=O)c1ccc(N2CCC(NS(=O)(=O)/C=C/c3ccc(Cl)s3)C2=O)c(F)c1. The van der Waals surface area contributed by atoms with Gasteiger partial charge in [0.1, 0.15) is 23.8 Å². The van der Waals surface area contributed by atoms with Crippen LogP contribution in [0.1, 0.15) is 28.1 Å². The van der Waals surface area contributed by atoms with Crippen LogP contribution in [0, 0.1) is 5.82 Å². The lowest BCUT2D eigenvalue weighted by Crippen LogP contribution is -2.74. The molecule has 1 aromatic carbocycles. The first kappa shape index (κ1) is 26.2. The highest BCUT2D eigenvalue weighted by Crippen LogP contribution is 2.27. The van der Waals surface area contributed by atoms with Crippen LogP contribution in [0.5, 0.6) is 0 Å². The summed E-state index contributed by atoms with van der Waals surface area (Å²) in [6.45, 7) is 0.548. The molecule has 0 radical (unpaired) electrons. The first-order chi connectivity index (χ1) is 17.1. The second-order valence-corrected chi connectivity index (χ2v) is 11.6. The van der Waals surface area contributed by atoms with E-state index in [-0.39, 0.29) is 30.1 Å². The van der Waals surface area contributed by atoms with Gasteiger partial charge in [0.05, 0.1) is 10.0 Å². The number of nitrogens with two attached hydrogens (primary N) is 1. The van der Waals surface area contributed by atoms with Crippen molar-refractivity contribution in [3.8, 4) is 0 Å². The van der Waals surface area contributed by atoms with Gasteiger partial charge in [-0.1, -0.05) is 11.6 Å². The second kappa shape index (κ2) is 11.0. The van der Waals surface area contributed by atoms with Gasteiger partial charge in [0, 0.05) is 42.4 Å². The van der Waals surface area contributed by atoms with E-state index in [0.29, 0.717) is 22.2 Å². The molecule has 3 heterocycles. The number of quaternary nitrogens is 1. The highest BCUT2D eigenvalue weighted by Gasteiger charge is 2.36. The molecule has 0 bridgehead atoms. The normalized spacial score (nSPS) is 17.9.